The Hall–Kier alpha value is -0.610. The molecule has 4 unspecified atom stereocenters. The smallest absolute Gasteiger partial charge is 0.224 e. The van der Waals surface area contributed by atoms with Crippen molar-refractivity contribution in [3.8, 4) is 0 Å². The van der Waals surface area contributed by atoms with Gasteiger partial charge in [0.15, 0.2) is 0 Å². The second-order valence-corrected chi connectivity index (χ2v) is 6.63. The average molecular weight is 265 g/mol. The van der Waals surface area contributed by atoms with E-state index in [-0.39, 0.29) is 17.9 Å². The summed E-state index contributed by atoms with van der Waals surface area (Å²) in [5.41, 5.74) is 6.20. The standard InChI is InChI=1S/C15H27N3O/c16-14-12-5-4-11(10-12)13(14)15(19)17-6-3-9-18-7-1-2-8-18/h11-14H,1-10,16H2,(H,17,19). The van der Waals surface area contributed by atoms with Gasteiger partial charge in [-0.25, -0.2) is 0 Å². The molecular weight excluding hydrogens is 238 g/mol. The number of fused-ring (bicyclic) bond motifs is 2. The first kappa shape index (κ1) is 13.4. The molecule has 0 aromatic rings. The molecule has 3 aliphatic rings. The fourth-order valence-corrected chi connectivity index (χ4v) is 4.36. The van der Waals surface area contributed by atoms with Gasteiger partial charge in [0.25, 0.3) is 0 Å². The molecule has 0 radical (unpaired) electrons. The van der Waals surface area contributed by atoms with Crippen molar-refractivity contribution >= 4 is 5.91 Å². The van der Waals surface area contributed by atoms with Crippen molar-refractivity contribution in [2.75, 3.05) is 26.2 Å². The van der Waals surface area contributed by atoms with Crippen molar-refractivity contribution < 1.29 is 4.79 Å². The van der Waals surface area contributed by atoms with Gasteiger partial charge in [-0.05, 0) is 70.0 Å². The van der Waals surface area contributed by atoms with E-state index >= 15 is 0 Å². The second kappa shape index (κ2) is 5.80. The molecule has 3 N–H and O–H groups in total. The van der Waals surface area contributed by atoms with Crippen LogP contribution in [-0.2, 0) is 4.79 Å². The maximum atomic E-state index is 12.2. The maximum Gasteiger partial charge on any atom is 0.224 e. The molecule has 2 saturated carbocycles. The van der Waals surface area contributed by atoms with Crippen molar-refractivity contribution in [3.63, 3.8) is 0 Å². The highest BCUT2D eigenvalue weighted by atomic mass is 16.1. The summed E-state index contributed by atoms with van der Waals surface area (Å²) in [6, 6.07) is 0.123. The summed E-state index contributed by atoms with van der Waals surface area (Å²) in [7, 11) is 0. The Morgan fingerprint density at radius 2 is 1.95 bits per heavy atom. The molecule has 4 heteroatoms. The van der Waals surface area contributed by atoms with Crippen molar-refractivity contribution in [1.82, 2.24) is 10.2 Å². The number of likely N-dealkylation sites (tertiary alicyclic amines) is 1. The van der Waals surface area contributed by atoms with Crippen molar-refractivity contribution in [3.05, 3.63) is 0 Å². The molecule has 3 rings (SSSR count). The molecule has 2 aliphatic carbocycles. The largest absolute Gasteiger partial charge is 0.356 e. The molecule has 0 aromatic heterocycles. The van der Waals surface area contributed by atoms with Crippen LogP contribution >= 0.6 is 0 Å². The summed E-state index contributed by atoms with van der Waals surface area (Å²) < 4.78 is 0. The van der Waals surface area contributed by atoms with Gasteiger partial charge in [-0.2, -0.15) is 0 Å². The van der Waals surface area contributed by atoms with E-state index in [0.717, 1.165) is 19.5 Å². The first-order chi connectivity index (χ1) is 9.25. The SMILES string of the molecule is NC1C2CCC(C2)C1C(=O)NCCCN1CCCC1. The van der Waals surface area contributed by atoms with Gasteiger partial charge in [-0.3, -0.25) is 4.79 Å². The molecule has 1 saturated heterocycles. The molecule has 1 heterocycles. The van der Waals surface area contributed by atoms with Crippen LogP contribution in [0.3, 0.4) is 0 Å². The Morgan fingerprint density at radius 3 is 2.63 bits per heavy atom. The van der Waals surface area contributed by atoms with Crippen LogP contribution < -0.4 is 11.1 Å². The maximum absolute atomic E-state index is 12.2. The van der Waals surface area contributed by atoms with Crippen LogP contribution in [-0.4, -0.2) is 43.0 Å². The van der Waals surface area contributed by atoms with Gasteiger partial charge in [-0.15, -0.1) is 0 Å². The van der Waals surface area contributed by atoms with Crippen molar-refractivity contribution in [1.29, 1.82) is 0 Å². The lowest BCUT2D eigenvalue weighted by molar-refractivity contribution is -0.127. The molecule has 19 heavy (non-hydrogen) atoms. The molecule has 4 nitrogen and oxygen atoms in total. The summed E-state index contributed by atoms with van der Waals surface area (Å²) in [5.74, 6) is 1.51. The van der Waals surface area contributed by atoms with Crippen LogP contribution in [0, 0.1) is 17.8 Å². The van der Waals surface area contributed by atoms with Gasteiger partial charge in [0.05, 0.1) is 5.92 Å². The van der Waals surface area contributed by atoms with Crippen molar-refractivity contribution in [2.45, 2.75) is 44.6 Å². The summed E-state index contributed by atoms with van der Waals surface area (Å²) in [4.78, 5) is 14.7. The number of rotatable bonds is 5. The van der Waals surface area contributed by atoms with Gasteiger partial charge in [-0.1, -0.05) is 0 Å². The van der Waals surface area contributed by atoms with E-state index in [1.54, 1.807) is 0 Å². The second-order valence-electron chi connectivity index (χ2n) is 6.63. The van der Waals surface area contributed by atoms with E-state index in [1.165, 1.54) is 45.2 Å². The van der Waals surface area contributed by atoms with Gasteiger partial charge in [0.1, 0.15) is 0 Å². The lowest BCUT2D eigenvalue weighted by atomic mass is 9.84. The quantitative estimate of drug-likeness (QED) is 0.728. The number of nitrogens with zero attached hydrogens (tertiary/aromatic N) is 1. The zero-order valence-electron chi connectivity index (χ0n) is 11.8. The van der Waals surface area contributed by atoms with Crippen LogP contribution in [0.25, 0.3) is 0 Å². The van der Waals surface area contributed by atoms with Gasteiger partial charge in [0, 0.05) is 12.6 Å². The van der Waals surface area contributed by atoms with Crippen molar-refractivity contribution in [2.24, 2.45) is 23.5 Å². The summed E-state index contributed by atoms with van der Waals surface area (Å²) in [5, 5.41) is 3.12. The average Bonchev–Trinajstić information content (AvgIpc) is 3.10. The number of carbonyl (C=O) groups excluding carboxylic acids is 1. The number of nitrogens with one attached hydrogen (secondary N) is 1. The minimum atomic E-state index is 0.102. The van der Waals surface area contributed by atoms with E-state index in [2.05, 4.69) is 10.2 Å². The van der Waals surface area contributed by atoms with Crippen LogP contribution in [0.1, 0.15) is 38.5 Å². The van der Waals surface area contributed by atoms with Crippen LogP contribution in [0.5, 0.6) is 0 Å². The predicted molar refractivity (Wildman–Crippen MR) is 75.6 cm³/mol. The van der Waals surface area contributed by atoms with E-state index in [1.807, 2.05) is 0 Å². The minimum Gasteiger partial charge on any atom is -0.356 e. The monoisotopic (exact) mass is 265 g/mol. The molecule has 1 aliphatic heterocycles. The van der Waals surface area contributed by atoms with E-state index in [4.69, 9.17) is 5.73 Å². The summed E-state index contributed by atoms with van der Waals surface area (Å²) in [6.45, 7) is 4.43. The Morgan fingerprint density at radius 1 is 1.21 bits per heavy atom. The third-order valence-corrected chi connectivity index (χ3v) is 5.43. The van der Waals surface area contributed by atoms with E-state index in [9.17, 15) is 4.79 Å². The normalized spacial score (nSPS) is 37.9. The predicted octanol–water partition coefficient (Wildman–Crippen LogP) is 0.962. The molecule has 108 valence electrons. The highest BCUT2D eigenvalue weighted by Gasteiger charge is 2.48. The van der Waals surface area contributed by atoms with E-state index < -0.39 is 0 Å². The molecule has 2 bridgehead atoms. The first-order valence-electron chi connectivity index (χ1n) is 8.01. The highest BCUT2D eigenvalue weighted by Crippen LogP contribution is 2.47. The zero-order valence-corrected chi connectivity index (χ0v) is 11.8. The number of amides is 1. The number of hydrogen-bond donors (Lipinski definition) is 2. The fourth-order valence-electron chi connectivity index (χ4n) is 4.36. The highest BCUT2D eigenvalue weighted by molar-refractivity contribution is 5.80. The minimum absolute atomic E-state index is 0.102. The van der Waals surface area contributed by atoms with Gasteiger partial charge >= 0.3 is 0 Å². The van der Waals surface area contributed by atoms with E-state index in [0.29, 0.717) is 11.8 Å². The number of nitrogens with two attached hydrogens (primary N) is 1. The third kappa shape index (κ3) is 2.79. The van der Waals surface area contributed by atoms with Crippen LogP contribution in [0.4, 0.5) is 0 Å². The van der Waals surface area contributed by atoms with Crippen LogP contribution in [0.2, 0.25) is 0 Å². The molecular formula is C15H27N3O. The Balaban J connectivity index is 1.37. The Bertz CT molecular complexity index is 325. The Labute approximate surface area is 116 Å². The lowest BCUT2D eigenvalue weighted by Crippen LogP contribution is -2.45. The summed E-state index contributed by atoms with van der Waals surface area (Å²) in [6.07, 6.45) is 7.39. The topological polar surface area (TPSA) is 58.4 Å². The third-order valence-electron chi connectivity index (χ3n) is 5.43. The summed E-state index contributed by atoms with van der Waals surface area (Å²) >= 11 is 0. The number of hydrogen-bond acceptors (Lipinski definition) is 3. The Kier molecular flexibility index (Phi) is 4.08. The van der Waals surface area contributed by atoms with Gasteiger partial charge < -0.3 is 16.0 Å². The fraction of sp³-hybridized carbons (Fsp3) is 0.933. The molecule has 1 amide bonds. The first-order valence-corrected chi connectivity index (χ1v) is 8.01. The molecule has 0 spiro atoms. The zero-order chi connectivity index (χ0) is 13.2. The number of carbonyl (C=O) groups is 1. The molecule has 3 fully saturated rings. The lowest BCUT2D eigenvalue weighted by Gasteiger charge is -2.27. The van der Waals surface area contributed by atoms with Gasteiger partial charge in [0.2, 0.25) is 5.91 Å². The molecule has 0 aromatic carbocycles. The van der Waals surface area contributed by atoms with Crippen LogP contribution in [0.15, 0.2) is 0 Å². The molecule has 4 atom stereocenters.